The lowest BCUT2D eigenvalue weighted by Crippen LogP contribution is -2.19. The van der Waals surface area contributed by atoms with E-state index >= 15 is 0 Å². The van der Waals surface area contributed by atoms with E-state index < -0.39 is 0 Å². The Bertz CT molecular complexity index is 358. The van der Waals surface area contributed by atoms with E-state index in [4.69, 9.17) is 4.74 Å². The molecule has 0 spiro atoms. The molecule has 1 heterocycles. The largest absolute Gasteiger partial charge is 0.383 e. The first-order chi connectivity index (χ1) is 8.79. The van der Waals surface area contributed by atoms with Gasteiger partial charge in [0.1, 0.15) is 0 Å². The topological polar surface area (TPSA) is 39.1 Å². The standard InChI is InChI=1S/C14H25N3O/c1-4-11-17-14(7-9-16-17)13(2)6-5-8-15-10-12-18-3/h6-7,9,15H,4-5,8,10-12H2,1-3H3. The Hall–Kier alpha value is -1.13. The van der Waals surface area contributed by atoms with Gasteiger partial charge in [0.2, 0.25) is 0 Å². The Morgan fingerprint density at radius 3 is 3.06 bits per heavy atom. The number of aryl methyl sites for hydroxylation is 1. The number of hydrogen-bond acceptors (Lipinski definition) is 3. The van der Waals surface area contributed by atoms with Gasteiger partial charge in [0, 0.05) is 26.4 Å². The van der Waals surface area contributed by atoms with Crippen molar-refractivity contribution in [2.24, 2.45) is 0 Å². The van der Waals surface area contributed by atoms with Gasteiger partial charge >= 0.3 is 0 Å². The van der Waals surface area contributed by atoms with E-state index in [1.807, 2.05) is 6.20 Å². The first kappa shape index (κ1) is 14.9. The number of nitrogens with one attached hydrogen (secondary N) is 1. The van der Waals surface area contributed by atoms with Crippen LogP contribution in [0.4, 0.5) is 0 Å². The summed E-state index contributed by atoms with van der Waals surface area (Å²) < 4.78 is 7.06. The van der Waals surface area contributed by atoms with Crippen molar-refractivity contribution in [3.63, 3.8) is 0 Å². The molecule has 4 nitrogen and oxygen atoms in total. The van der Waals surface area contributed by atoms with Gasteiger partial charge in [0.05, 0.1) is 12.3 Å². The van der Waals surface area contributed by atoms with Crippen LogP contribution in [0.15, 0.2) is 18.3 Å². The second-order valence-corrected chi connectivity index (χ2v) is 4.36. The fraction of sp³-hybridized carbons (Fsp3) is 0.643. The van der Waals surface area contributed by atoms with Crippen molar-refractivity contribution >= 4 is 5.57 Å². The highest BCUT2D eigenvalue weighted by atomic mass is 16.5. The predicted molar refractivity (Wildman–Crippen MR) is 75.5 cm³/mol. The second-order valence-electron chi connectivity index (χ2n) is 4.36. The molecular formula is C14H25N3O. The first-order valence-electron chi connectivity index (χ1n) is 6.68. The zero-order chi connectivity index (χ0) is 13.2. The van der Waals surface area contributed by atoms with Gasteiger partial charge in [-0.05, 0) is 37.9 Å². The summed E-state index contributed by atoms with van der Waals surface area (Å²) in [7, 11) is 1.72. The fourth-order valence-electron chi connectivity index (χ4n) is 1.85. The van der Waals surface area contributed by atoms with Crippen molar-refractivity contribution in [3.8, 4) is 0 Å². The van der Waals surface area contributed by atoms with Crippen LogP contribution < -0.4 is 5.32 Å². The maximum atomic E-state index is 4.98. The molecule has 0 unspecified atom stereocenters. The van der Waals surface area contributed by atoms with Gasteiger partial charge in [-0.1, -0.05) is 13.0 Å². The zero-order valence-electron chi connectivity index (χ0n) is 11.8. The molecule has 0 bridgehead atoms. The molecule has 0 aliphatic carbocycles. The van der Waals surface area contributed by atoms with Gasteiger partial charge in [0.15, 0.2) is 0 Å². The molecule has 1 aromatic rings. The van der Waals surface area contributed by atoms with Crippen LogP contribution in [0.5, 0.6) is 0 Å². The van der Waals surface area contributed by atoms with E-state index in [9.17, 15) is 0 Å². The third-order valence-electron chi connectivity index (χ3n) is 2.81. The monoisotopic (exact) mass is 251 g/mol. The van der Waals surface area contributed by atoms with Crippen molar-refractivity contribution in [3.05, 3.63) is 24.0 Å². The molecule has 0 atom stereocenters. The lowest BCUT2D eigenvalue weighted by Gasteiger charge is -2.07. The minimum atomic E-state index is 0.770. The van der Waals surface area contributed by atoms with E-state index in [0.717, 1.165) is 39.1 Å². The van der Waals surface area contributed by atoms with Crippen LogP contribution in [0, 0.1) is 0 Å². The van der Waals surface area contributed by atoms with Crippen LogP contribution in [-0.4, -0.2) is 36.6 Å². The summed E-state index contributed by atoms with van der Waals surface area (Å²) in [6.45, 7) is 7.98. The number of rotatable bonds is 9. The Labute approximate surface area is 110 Å². The molecular weight excluding hydrogens is 226 g/mol. The zero-order valence-corrected chi connectivity index (χ0v) is 11.8. The fourth-order valence-corrected chi connectivity index (χ4v) is 1.85. The Morgan fingerprint density at radius 1 is 1.50 bits per heavy atom. The van der Waals surface area contributed by atoms with Gasteiger partial charge in [-0.3, -0.25) is 4.68 Å². The SMILES string of the molecule is CCCn1nccc1C(C)=CCCNCCOC. The second kappa shape index (κ2) is 8.89. The van der Waals surface area contributed by atoms with Crippen LogP contribution in [0.2, 0.25) is 0 Å². The van der Waals surface area contributed by atoms with E-state index in [0.29, 0.717) is 0 Å². The van der Waals surface area contributed by atoms with E-state index in [1.54, 1.807) is 7.11 Å². The summed E-state index contributed by atoms with van der Waals surface area (Å²) in [5.41, 5.74) is 2.53. The molecule has 4 heteroatoms. The molecule has 1 rings (SSSR count). The molecule has 18 heavy (non-hydrogen) atoms. The molecule has 0 aromatic carbocycles. The molecule has 1 N–H and O–H groups in total. The van der Waals surface area contributed by atoms with E-state index in [2.05, 4.69) is 41.1 Å². The van der Waals surface area contributed by atoms with Gasteiger partial charge in [-0.25, -0.2) is 0 Å². The summed E-state index contributed by atoms with van der Waals surface area (Å²) >= 11 is 0. The predicted octanol–water partition coefficient (Wildman–Crippen LogP) is 2.32. The number of allylic oxidation sites excluding steroid dienone is 1. The van der Waals surface area contributed by atoms with Crippen molar-refractivity contribution < 1.29 is 4.74 Å². The Balaban J connectivity index is 2.38. The summed E-state index contributed by atoms with van der Waals surface area (Å²) in [4.78, 5) is 0. The highest BCUT2D eigenvalue weighted by molar-refractivity contribution is 5.60. The lowest BCUT2D eigenvalue weighted by atomic mass is 10.2. The molecule has 0 fully saturated rings. The van der Waals surface area contributed by atoms with Gasteiger partial charge in [-0.15, -0.1) is 0 Å². The first-order valence-corrected chi connectivity index (χ1v) is 6.68. The normalized spacial score (nSPS) is 12.1. The number of nitrogens with zero attached hydrogens (tertiary/aromatic N) is 2. The number of methoxy groups -OCH3 is 1. The molecule has 0 aliphatic rings. The quantitative estimate of drug-likeness (QED) is 0.685. The highest BCUT2D eigenvalue weighted by Gasteiger charge is 2.02. The lowest BCUT2D eigenvalue weighted by molar-refractivity contribution is 0.199. The molecule has 0 radical (unpaired) electrons. The van der Waals surface area contributed by atoms with Crippen molar-refractivity contribution in [2.45, 2.75) is 33.2 Å². The van der Waals surface area contributed by atoms with Crippen molar-refractivity contribution in [2.75, 3.05) is 26.8 Å². The van der Waals surface area contributed by atoms with Crippen LogP contribution in [0.25, 0.3) is 5.57 Å². The number of ether oxygens (including phenoxy) is 1. The highest BCUT2D eigenvalue weighted by Crippen LogP contribution is 2.13. The number of aromatic nitrogens is 2. The summed E-state index contributed by atoms with van der Waals surface area (Å²) in [6.07, 6.45) is 6.29. The van der Waals surface area contributed by atoms with Crippen LogP contribution in [-0.2, 0) is 11.3 Å². The smallest absolute Gasteiger partial charge is 0.0635 e. The minimum absolute atomic E-state index is 0.770. The molecule has 0 saturated carbocycles. The van der Waals surface area contributed by atoms with Gasteiger partial charge in [0.25, 0.3) is 0 Å². The van der Waals surface area contributed by atoms with Gasteiger partial charge in [-0.2, -0.15) is 5.10 Å². The molecule has 0 amide bonds. The third-order valence-corrected chi connectivity index (χ3v) is 2.81. The van der Waals surface area contributed by atoms with Crippen LogP contribution >= 0.6 is 0 Å². The maximum absolute atomic E-state index is 4.98. The van der Waals surface area contributed by atoms with Crippen LogP contribution in [0.1, 0.15) is 32.4 Å². The Kier molecular flexibility index (Phi) is 7.37. The van der Waals surface area contributed by atoms with E-state index in [-0.39, 0.29) is 0 Å². The summed E-state index contributed by atoms with van der Waals surface area (Å²) in [6, 6.07) is 2.08. The van der Waals surface area contributed by atoms with Crippen LogP contribution in [0.3, 0.4) is 0 Å². The Morgan fingerprint density at radius 2 is 2.33 bits per heavy atom. The van der Waals surface area contributed by atoms with Crippen molar-refractivity contribution in [1.29, 1.82) is 0 Å². The molecule has 102 valence electrons. The molecule has 0 aliphatic heterocycles. The minimum Gasteiger partial charge on any atom is -0.383 e. The van der Waals surface area contributed by atoms with E-state index in [1.165, 1.54) is 11.3 Å². The molecule has 1 aromatic heterocycles. The van der Waals surface area contributed by atoms with Crippen molar-refractivity contribution in [1.82, 2.24) is 15.1 Å². The van der Waals surface area contributed by atoms with Gasteiger partial charge < -0.3 is 10.1 Å². The average Bonchev–Trinajstić information content (AvgIpc) is 2.82. The number of hydrogen-bond donors (Lipinski definition) is 1. The summed E-state index contributed by atoms with van der Waals surface area (Å²) in [5.74, 6) is 0. The maximum Gasteiger partial charge on any atom is 0.0635 e. The third kappa shape index (κ3) is 5.02. The average molecular weight is 251 g/mol. The molecule has 0 saturated heterocycles. The summed E-state index contributed by atoms with van der Waals surface area (Å²) in [5, 5.41) is 7.67.